The zero-order valence-electron chi connectivity index (χ0n) is 14.6. The number of hydrogen-bond donors (Lipinski definition) is 0. The fourth-order valence-electron chi connectivity index (χ4n) is 2.07. The summed E-state index contributed by atoms with van der Waals surface area (Å²) in [5.41, 5.74) is 0. The largest absolute Gasteiger partial charge is 0.673 e. The van der Waals surface area contributed by atoms with Crippen LogP contribution in [0.15, 0.2) is 52.3 Å². The van der Waals surface area contributed by atoms with Crippen LogP contribution in [0.3, 0.4) is 0 Å². The minimum atomic E-state index is -6.00. The van der Waals surface area contributed by atoms with E-state index in [0.717, 1.165) is 0 Å². The maximum Gasteiger partial charge on any atom is 0.673 e. The van der Waals surface area contributed by atoms with E-state index in [1.165, 1.54) is 21.3 Å². The molecule has 0 bridgehead atoms. The van der Waals surface area contributed by atoms with Gasteiger partial charge in [-0.25, -0.2) is 0 Å². The third-order valence-electron chi connectivity index (χ3n) is 3.07. The average Bonchev–Trinajstić information content (AvgIpc) is 2.61. The Morgan fingerprint density at radius 2 is 1.26 bits per heavy atom. The lowest BCUT2D eigenvalue weighted by atomic mass is 10.3. The molecule has 0 saturated heterocycles. The van der Waals surface area contributed by atoms with Crippen molar-refractivity contribution in [2.45, 2.75) is 15.5 Å². The van der Waals surface area contributed by atoms with Crippen LogP contribution in [0.2, 0.25) is 0 Å². The molecule has 0 radical (unpaired) electrons. The Labute approximate surface area is 155 Å². The van der Waals surface area contributed by atoms with Crippen molar-refractivity contribution >= 4 is 18.1 Å². The zero-order valence-corrected chi connectivity index (χ0v) is 15.4. The van der Waals surface area contributed by atoms with Crippen LogP contribution in [-0.2, 0) is 10.9 Å². The summed E-state index contributed by atoms with van der Waals surface area (Å²) in [6, 6.07) is 11.8. The monoisotopic (exact) mass is 414 g/mol. The van der Waals surface area contributed by atoms with E-state index in [9.17, 15) is 26.0 Å². The average molecular weight is 414 g/mol. The number of rotatable bonds is 6. The minimum Gasteiger partial charge on any atom is -0.496 e. The SMILES string of the molecule is COc1cc(OC)c([S+](c2ccccc2)C(F)F)c(OC)c1.F[B-](F)(F)F. The molecule has 11 heteroatoms. The highest BCUT2D eigenvalue weighted by Crippen LogP contribution is 2.43. The van der Waals surface area contributed by atoms with E-state index in [1.807, 2.05) is 0 Å². The topological polar surface area (TPSA) is 27.7 Å². The van der Waals surface area contributed by atoms with Gasteiger partial charge in [0, 0.05) is 12.1 Å². The summed E-state index contributed by atoms with van der Waals surface area (Å²) >= 11 is 0. The molecule has 0 aromatic heterocycles. The van der Waals surface area contributed by atoms with Crippen LogP contribution in [0.1, 0.15) is 0 Å². The first-order valence-electron chi connectivity index (χ1n) is 7.36. The molecule has 0 aliphatic heterocycles. The van der Waals surface area contributed by atoms with Gasteiger partial charge in [-0.2, -0.15) is 8.78 Å². The van der Waals surface area contributed by atoms with Gasteiger partial charge in [0.15, 0.2) is 16.4 Å². The van der Waals surface area contributed by atoms with E-state index in [2.05, 4.69) is 0 Å². The van der Waals surface area contributed by atoms with Gasteiger partial charge < -0.3 is 31.5 Å². The van der Waals surface area contributed by atoms with E-state index in [0.29, 0.717) is 27.0 Å². The van der Waals surface area contributed by atoms with Crippen molar-refractivity contribution in [3.05, 3.63) is 42.5 Å². The summed E-state index contributed by atoms with van der Waals surface area (Å²) in [5.74, 6) is -1.44. The van der Waals surface area contributed by atoms with Crippen molar-refractivity contribution in [2.24, 2.45) is 0 Å². The lowest BCUT2D eigenvalue weighted by Crippen LogP contribution is -2.15. The van der Waals surface area contributed by atoms with Crippen molar-refractivity contribution in [3.63, 3.8) is 0 Å². The number of hydrogen-bond acceptors (Lipinski definition) is 3. The number of alkyl halides is 2. The Morgan fingerprint density at radius 3 is 1.59 bits per heavy atom. The van der Waals surface area contributed by atoms with Crippen LogP contribution < -0.4 is 14.2 Å². The predicted octanol–water partition coefficient (Wildman–Crippen LogP) is 5.27. The molecule has 0 spiro atoms. The molecule has 2 aromatic rings. The second-order valence-electron chi connectivity index (χ2n) is 4.77. The maximum absolute atomic E-state index is 13.8. The van der Waals surface area contributed by atoms with Crippen molar-refractivity contribution in [2.75, 3.05) is 21.3 Å². The molecule has 1 unspecified atom stereocenters. The number of benzene rings is 2. The first kappa shape index (κ1) is 22.9. The van der Waals surface area contributed by atoms with Crippen LogP contribution in [0.25, 0.3) is 0 Å². The van der Waals surface area contributed by atoms with Crippen molar-refractivity contribution in [3.8, 4) is 17.2 Å². The van der Waals surface area contributed by atoms with Gasteiger partial charge in [0.1, 0.15) is 16.6 Å². The van der Waals surface area contributed by atoms with Crippen molar-refractivity contribution < 1.29 is 40.3 Å². The Kier molecular flexibility index (Phi) is 8.68. The van der Waals surface area contributed by atoms with Crippen LogP contribution >= 0.6 is 0 Å². The van der Waals surface area contributed by atoms with E-state index in [4.69, 9.17) is 14.2 Å². The van der Waals surface area contributed by atoms with Crippen LogP contribution in [-0.4, -0.2) is 34.3 Å². The summed E-state index contributed by atoms with van der Waals surface area (Å²) in [7, 11) is -3.10. The molecule has 0 heterocycles. The highest BCUT2D eigenvalue weighted by molar-refractivity contribution is 7.97. The van der Waals surface area contributed by atoms with Crippen LogP contribution in [0.5, 0.6) is 17.2 Å². The van der Waals surface area contributed by atoms with Crippen LogP contribution in [0.4, 0.5) is 26.0 Å². The standard InChI is InChI=1S/C16H17F2O3S.BF4/c1-19-11-9-13(20-2)15(14(10-11)21-3)22(16(17)18)12-7-5-4-6-8-12;2-1(3,4)5/h4-10,16H,1-3H3;/q+1;-1. The number of methoxy groups -OCH3 is 3. The lowest BCUT2D eigenvalue weighted by Gasteiger charge is -2.15. The molecule has 0 aliphatic rings. The zero-order chi connectivity index (χ0) is 20.6. The summed E-state index contributed by atoms with van der Waals surface area (Å²) in [4.78, 5) is 0.867. The molecule has 0 N–H and O–H groups in total. The lowest BCUT2D eigenvalue weighted by molar-refractivity contribution is 0.246. The van der Waals surface area contributed by atoms with Gasteiger partial charge in [-0.3, -0.25) is 0 Å². The summed E-state index contributed by atoms with van der Waals surface area (Å²) in [6.45, 7) is 0. The van der Waals surface area contributed by atoms with Crippen LogP contribution in [0, 0.1) is 0 Å². The molecule has 150 valence electrons. The van der Waals surface area contributed by atoms with E-state index in [1.54, 1.807) is 42.5 Å². The molecule has 2 rings (SSSR count). The molecular formula is C16H17BF6O3S. The molecule has 2 aromatic carbocycles. The van der Waals surface area contributed by atoms with Gasteiger partial charge in [0.2, 0.25) is 4.90 Å². The minimum absolute atomic E-state index is 0.323. The summed E-state index contributed by atoms with van der Waals surface area (Å²) < 4.78 is 82.3. The third-order valence-corrected chi connectivity index (χ3v) is 5.04. The molecule has 0 aliphatic carbocycles. The van der Waals surface area contributed by atoms with Gasteiger partial charge in [0.05, 0.1) is 21.3 Å². The Balaban J connectivity index is 0.000000646. The van der Waals surface area contributed by atoms with Gasteiger partial charge >= 0.3 is 13.0 Å². The third kappa shape index (κ3) is 7.16. The van der Waals surface area contributed by atoms with E-state index in [-0.39, 0.29) is 0 Å². The van der Waals surface area contributed by atoms with E-state index >= 15 is 0 Å². The molecular weight excluding hydrogens is 397 g/mol. The first-order valence-corrected chi connectivity index (χ1v) is 8.64. The summed E-state index contributed by atoms with van der Waals surface area (Å²) in [6.07, 6.45) is 0. The second kappa shape index (κ2) is 10.2. The molecule has 3 nitrogen and oxygen atoms in total. The van der Waals surface area contributed by atoms with Gasteiger partial charge in [-0.1, -0.05) is 18.2 Å². The maximum atomic E-state index is 13.8. The normalized spacial score (nSPS) is 12.1. The Hall–Kier alpha value is -2.17. The Bertz CT molecular complexity index is 684. The molecule has 0 fully saturated rings. The highest BCUT2D eigenvalue weighted by Gasteiger charge is 2.42. The molecule has 27 heavy (non-hydrogen) atoms. The number of ether oxygens (including phenoxy) is 3. The molecule has 1 atom stereocenters. The predicted molar refractivity (Wildman–Crippen MR) is 92.6 cm³/mol. The first-order chi connectivity index (χ1) is 12.6. The quantitative estimate of drug-likeness (QED) is 0.366. The fourth-order valence-corrected chi connectivity index (χ4v) is 3.86. The van der Waals surface area contributed by atoms with Gasteiger partial charge in [-0.15, -0.1) is 0 Å². The van der Waals surface area contributed by atoms with Crippen molar-refractivity contribution in [1.29, 1.82) is 0 Å². The fraction of sp³-hybridized carbons (Fsp3) is 0.250. The van der Waals surface area contributed by atoms with Gasteiger partial charge in [-0.05, 0) is 12.1 Å². The van der Waals surface area contributed by atoms with E-state index < -0.39 is 23.9 Å². The molecule has 0 saturated carbocycles. The molecule has 0 amide bonds. The number of halogens is 6. The second-order valence-corrected chi connectivity index (χ2v) is 6.68. The van der Waals surface area contributed by atoms with Crippen molar-refractivity contribution in [1.82, 2.24) is 0 Å². The highest BCUT2D eigenvalue weighted by atomic mass is 32.2. The smallest absolute Gasteiger partial charge is 0.496 e. The summed E-state index contributed by atoms with van der Waals surface area (Å²) in [5, 5.41) is 0. The van der Waals surface area contributed by atoms with Gasteiger partial charge in [0.25, 0.3) is 0 Å². The Morgan fingerprint density at radius 1 is 0.815 bits per heavy atom.